The van der Waals surface area contributed by atoms with Gasteiger partial charge in [-0.3, -0.25) is 0 Å². The lowest BCUT2D eigenvalue weighted by atomic mass is 9.83. The van der Waals surface area contributed by atoms with Crippen LogP contribution in [0.15, 0.2) is 18.3 Å². The summed E-state index contributed by atoms with van der Waals surface area (Å²) in [6.45, 7) is 0. The maximum Gasteiger partial charge on any atom is 0.123 e. The monoisotopic (exact) mass is 263 g/mol. The molecule has 4 nitrogen and oxygen atoms in total. The van der Waals surface area contributed by atoms with Crippen LogP contribution in [-0.4, -0.2) is 23.7 Å². The molecule has 1 aromatic rings. The van der Waals surface area contributed by atoms with Crippen LogP contribution in [0, 0.1) is 0 Å². The number of aromatic nitrogens is 1. The number of nitrogens with two attached hydrogens (primary N) is 2. The number of hydrogen-bond donors (Lipinski definition) is 2. The van der Waals surface area contributed by atoms with Gasteiger partial charge in [0, 0.05) is 19.3 Å². The molecule has 19 heavy (non-hydrogen) atoms. The molecule has 106 valence electrons. The second-order valence-electron chi connectivity index (χ2n) is 5.58. The van der Waals surface area contributed by atoms with Crippen LogP contribution in [-0.2, 0) is 11.2 Å². The summed E-state index contributed by atoms with van der Waals surface area (Å²) in [4.78, 5) is 4.02. The molecule has 0 aromatic carbocycles. The fourth-order valence-corrected chi connectivity index (χ4v) is 3.11. The molecule has 1 fully saturated rings. The molecule has 1 unspecified atom stereocenters. The summed E-state index contributed by atoms with van der Waals surface area (Å²) < 4.78 is 5.85. The molecule has 1 aliphatic carbocycles. The van der Waals surface area contributed by atoms with E-state index in [2.05, 4.69) is 4.98 Å². The fourth-order valence-electron chi connectivity index (χ4n) is 3.11. The van der Waals surface area contributed by atoms with Crippen molar-refractivity contribution in [2.45, 2.75) is 56.6 Å². The van der Waals surface area contributed by atoms with Gasteiger partial charge < -0.3 is 16.2 Å². The van der Waals surface area contributed by atoms with E-state index in [0.717, 1.165) is 24.8 Å². The summed E-state index contributed by atoms with van der Waals surface area (Å²) in [7, 11) is 1.80. The van der Waals surface area contributed by atoms with Crippen LogP contribution >= 0.6 is 0 Å². The van der Waals surface area contributed by atoms with Crippen molar-refractivity contribution in [1.29, 1.82) is 0 Å². The van der Waals surface area contributed by atoms with Crippen LogP contribution < -0.4 is 11.5 Å². The second-order valence-corrected chi connectivity index (χ2v) is 5.58. The predicted octanol–water partition coefficient (Wildman–Crippen LogP) is 2.27. The minimum Gasteiger partial charge on any atom is -0.384 e. The zero-order valence-electron chi connectivity index (χ0n) is 11.8. The third kappa shape index (κ3) is 3.45. The van der Waals surface area contributed by atoms with Gasteiger partial charge in [0.2, 0.25) is 0 Å². The first-order valence-corrected chi connectivity index (χ1v) is 7.17. The van der Waals surface area contributed by atoms with E-state index < -0.39 is 0 Å². The van der Waals surface area contributed by atoms with Crippen molar-refractivity contribution < 1.29 is 4.74 Å². The average molecular weight is 263 g/mol. The molecule has 0 bridgehead atoms. The predicted molar refractivity (Wildman–Crippen MR) is 77.8 cm³/mol. The zero-order chi connectivity index (χ0) is 13.7. The largest absolute Gasteiger partial charge is 0.384 e. The van der Waals surface area contributed by atoms with E-state index in [1.807, 2.05) is 12.1 Å². The van der Waals surface area contributed by atoms with Crippen molar-refractivity contribution in [3.63, 3.8) is 0 Å². The Morgan fingerprint density at radius 3 is 2.58 bits per heavy atom. The van der Waals surface area contributed by atoms with Crippen molar-refractivity contribution in [3.8, 4) is 0 Å². The van der Waals surface area contributed by atoms with Gasteiger partial charge in [-0.25, -0.2) is 4.98 Å². The standard InChI is InChI=1S/C15H25N3O/c1-19-15(7-4-2-3-5-8-15)13(16)10-12-6-9-18-14(17)11-12/h6,9,11,13H,2-5,7-8,10,16H2,1H3,(H2,17,18). The second kappa shape index (κ2) is 6.35. The lowest BCUT2D eigenvalue weighted by Crippen LogP contribution is -2.50. The van der Waals surface area contributed by atoms with Gasteiger partial charge in [0.25, 0.3) is 0 Å². The molecule has 0 spiro atoms. The zero-order valence-corrected chi connectivity index (χ0v) is 11.8. The Kier molecular flexibility index (Phi) is 4.77. The summed E-state index contributed by atoms with van der Waals surface area (Å²) in [5, 5.41) is 0. The normalized spacial score (nSPS) is 20.7. The molecule has 0 amide bonds. The maximum atomic E-state index is 6.46. The highest BCUT2D eigenvalue weighted by molar-refractivity contribution is 5.32. The molecule has 1 heterocycles. The van der Waals surface area contributed by atoms with Crippen LogP contribution in [0.3, 0.4) is 0 Å². The van der Waals surface area contributed by atoms with E-state index in [4.69, 9.17) is 16.2 Å². The highest BCUT2D eigenvalue weighted by Crippen LogP contribution is 2.33. The van der Waals surface area contributed by atoms with E-state index in [0.29, 0.717) is 5.82 Å². The molecule has 1 atom stereocenters. The summed E-state index contributed by atoms with van der Waals surface area (Å²) in [5.74, 6) is 0.553. The van der Waals surface area contributed by atoms with E-state index >= 15 is 0 Å². The van der Waals surface area contributed by atoms with Gasteiger partial charge in [-0.1, -0.05) is 25.7 Å². The Bertz CT molecular complexity index is 400. The number of anilines is 1. The third-order valence-electron chi connectivity index (χ3n) is 4.33. The molecular formula is C15H25N3O. The number of hydrogen-bond acceptors (Lipinski definition) is 4. The topological polar surface area (TPSA) is 74.2 Å². The molecule has 1 aliphatic rings. The molecule has 1 aromatic heterocycles. The molecular weight excluding hydrogens is 238 g/mol. The Labute approximate surface area is 115 Å². The van der Waals surface area contributed by atoms with Crippen molar-refractivity contribution in [2.75, 3.05) is 12.8 Å². The lowest BCUT2D eigenvalue weighted by Gasteiger charge is -2.37. The smallest absolute Gasteiger partial charge is 0.123 e. The maximum absolute atomic E-state index is 6.46. The van der Waals surface area contributed by atoms with Gasteiger partial charge in [0.15, 0.2) is 0 Å². The lowest BCUT2D eigenvalue weighted by molar-refractivity contribution is -0.0430. The average Bonchev–Trinajstić information content (AvgIpc) is 2.65. The minimum absolute atomic E-state index is 0.0115. The van der Waals surface area contributed by atoms with Crippen LogP contribution in [0.2, 0.25) is 0 Å². The number of rotatable bonds is 4. The highest BCUT2D eigenvalue weighted by Gasteiger charge is 2.36. The van der Waals surface area contributed by atoms with E-state index in [1.54, 1.807) is 13.3 Å². The van der Waals surface area contributed by atoms with Crippen molar-refractivity contribution in [3.05, 3.63) is 23.9 Å². The van der Waals surface area contributed by atoms with Gasteiger partial charge in [-0.05, 0) is 37.0 Å². The fraction of sp³-hybridized carbons (Fsp3) is 0.667. The first-order chi connectivity index (χ1) is 9.16. The highest BCUT2D eigenvalue weighted by atomic mass is 16.5. The Hall–Kier alpha value is -1.13. The number of methoxy groups -OCH3 is 1. The number of nitrogens with zero attached hydrogens (tertiary/aromatic N) is 1. The molecule has 0 saturated heterocycles. The summed E-state index contributed by atoms with van der Waals surface area (Å²) in [5.41, 5.74) is 13.1. The van der Waals surface area contributed by atoms with Gasteiger partial charge in [0.05, 0.1) is 5.60 Å². The molecule has 1 saturated carbocycles. The third-order valence-corrected chi connectivity index (χ3v) is 4.33. The first-order valence-electron chi connectivity index (χ1n) is 7.17. The van der Waals surface area contributed by atoms with Crippen molar-refractivity contribution in [2.24, 2.45) is 5.73 Å². The molecule has 4 N–H and O–H groups in total. The summed E-state index contributed by atoms with van der Waals surface area (Å²) >= 11 is 0. The molecule has 4 heteroatoms. The van der Waals surface area contributed by atoms with Crippen LogP contribution in [0.4, 0.5) is 5.82 Å². The van der Waals surface area contributed by atoms with Crippen molar-refractivity contribution >= 4 is 5.82 Å². The number of pyridine rings is 1. The first kappa shape index (κ1) is 14.3. The Morgan fingerprint density at radius 1 is 1.32 bits per heavy atom. The Balaban J connectivity index is 2.09. The number of nitrogen functional groups attached to an aromatic ring is 1. The van der Waals surface area contributed by atoms with E-state index in [1.165, 1.54) is 25.7 Å². The minimum atomic E-state index is -0.172. The van der Waals surface area contributed by atoms with Gasteiger partial charge in [-0.15, -0.1) is 0 Å². The SMILES string of the molecule is COC1(C(N)Cc2ccnc(N)c2)CCCCCC1. The number of ether oxygens (including phenoxy) is 1. The van der Waals surface area contributed by atoms with Crippen LogP contribution in [0.5, 0.6) is 0 Å². The van der Waals surface area contributed by atoms with Crippen molar-refractivity contribution in [1.82, 2.24) is 4.98 Å². The van der Waals surface area contributed by atoms with Gasteiger partial charge in [0.1, 0.15) is 5.82 Å². The molecule has 0 radical (unpaired) electrons. The van der Waals surface area contributed by atoms with Gasteiger partial charge in [-0.2, -0.15) is 0 Å². The molecule has 0 aliphatic heterocycles. The molecule has 2 rings (SSSR count). The van der Waals surface area contributed by atoms with Gasteiger partial charge >= 0.3 is 0 Å². The summed E-state index contributed by atoms with van der Waals surface area (Å²) in [6.07, 6.45) is 9.65. The quantitative estimate of drug-likeness (QED) is 0.817. The Morgan fingerprint density at radius 2 is 2.00 bits per heavy atom. The summed E-state index contributed by atoms with van der Waals surface area (Å²) in [6, 6.07) is 3.90. The van der Waals surface area contributed by atoms with Crippen LogP contribution in [0.25, 0.3) is 0 Å². The van der Waals surface area contributed by atoms with Crippen LogP contribution in [0.1, 0.15) is 44.1 Å². The van der Waals surface area contributed by atoms with E-state index in [-0.39, 0.29) is 11.6 Å². The van der Waals surface area contributed by atoms with E-state index in [9.17, 15) is 0 Å².